The van der Waals surface area contributed by atoms with Crippen LogP contribution in [0.5, 0.6) is 17.2 Å². The van der Waals surface area contributed by atoms with Crippen molar-refractivity contribution >= 4 is 5.91 Å². The Bertz CT molecular complexity index is 665. The van der Waals surface area contributed by atoms with E-state index >= 15 is 0 Å². The number of ether oxygens (including phenoxy) is 1. The zero-order chi connectivity index (χ0) is 16.1. The number of phenols is 2. The van der Waals surface area contributed by atoms with Gasteiger partial charge in [0.2, 0.25) is 0 Å². The molecular weight excluding hydrogens is 282 g/mol. The molecule has 0 radical (unpaired) electrons. The van der Waals surface area contributed by atoms with Gasteiger partial charge in [-0.3, -0.25) is 4.79 Å². The first kappa shape index (κ1) is 15.7. The molecule has 0 aliphatic rings. The molecule has 0 saturated carbocycles. The van der Waals surface area contributed by atoms with Gasteiger partial charge in [0.15, 0.2) is 0 Å². The minimum atomic E-state index is -0.513. The lowest BCUT2D eigenvalue weighted by molar-refractivity contribution is 0.0945. The third-order valence-corrected chi connectivity index (χ3v) is 3.46. The smallest absolute Gasteiger partial charge is 0.259 e. The van der Waals surface area contributed by atoms with Gasteiger partial charge in [0.1, 0.15) is 22.8 Å². The molecule has 0 unspecified atom stereocenters. The zero-order valence-electron chi connectivity index (χ0n) is 12.6. The maximum Gasteiger partial charge on any atom is 0.259 e. The van der Waals surface area contributed by atoms with Gasteiger partial charge in [0, 0.05) is 6.54 Å². The quantitative estimate of drug-likeness (QED) is 0.793. The van der Waals surface area contributed by atoms with Crippen LogP contribution >= 0.6 is 0 Å². The number of phenolic OH excluding ortho intramolecular Hbond substituents is 2. The lowest BCUT2D eigenvalue weighted by atomic mass is 10.0. The first-order chi connectivity index (χ1) is 10.6. The molecule has 116 valence electrons. The lowest BCUT2D eigenvalue weighted by Gasteiger charge is -2.11. The highest BCUT2D eigenvalue weighted by Gasteiger charge is 2.18. The monoisotopic (exact) mass is 301 g/mol. The molecule has 0 heterocycles. The molecule has 0 saturated heterocycles. The molecule has 5 nitrogen and oxygen atoms in total. The number of aromatic hydroxyl groups is 2. The average Bonchev–Trinajstić information content (AvgIpc) is 2.53. The van der Waals surface area contributed by atoms with E-state index in [1.165, 1.54) is 6.07 Å². The van der Waals surface area contributed by atoms with E-state index in [1.807, 2.05) is 19.1 Å². The number of aryl methyl sites for hydroxylation is 1. The number of hydrogen-bond donors (Lipinski definition) is 3. The Hall–Kier alpha value is -2.69. The zero-order valence-corrected chi connectivity index (χ0v) is 12.6. The number of methoxy groups -OCH3 is 1. The highest BCUT2D eigenvalue weighted by atomic mass is 16.5. The Morgan fingerprint density at radius 3 is 2.41 bits per heavy atom. The van der Waals surface area contributed by atoms with Crippen LogP contribution < -0.4 is 10.1 Å². The number of carbonyl (C=O) groups excluding carboxylic acids is 1. The fourth-order valence-corrected chi connectivity index (χ4v) is 2.15. The summed E-state index contributed by atoms with van der Waals surface area (Å²) < 4.78 is 5.07. The molecule has 0 aliphatic heterocycles. The second kappa shape index (κ2) is 6.85. The van der Waals surface area contributed by atoms with Crippen molar-refractivity contribution in [1.82, 2.24) is 5.32 Å². The third kappa shape index (κ3) is 3.31. The summed E-state index contributed by atoms with van der Waals surface area (Å²) in [6.07, 6.45) is 0.574. The summed E-state index contributed by atoms with van der Waals surface area (Å²) in [7, 11) is 1.59. The Morgan fingerprint density at radius 2 is 1.82 bits per heavy atom. The summed E-state index contributed by atoms with van der Waals surface area (Å²) in [4.78, 5) is 12.2. The molecule has 0 atom stereocenters. The van der Waals surface area contributed by atoms with E-state index in [-0.39, 0.29) is 23.6 Å². The molecule has 0 aliphatic carbocycles. The first-order valence-corrected chi connectivity index (χ1v) is 7.01. The van der Waals surface area contributed by atoms with Crippen molar-refractivity contribution in [2.75, 3.05) is 7.11 Å². The van der Waals surface area contributed by atoms with Crippen molar-refractivity contribution in [3.05, 3.63) is 53.1 Å². The molecule has 22 heavy (non-hydrogen) atoms. The molecule has 3 N–H and O–H groups in total. The largest absolute Gasteiger partial charge is 0.507 e. The summed E-state index contributed by atoms with van der Waals surface area (Å²) in [5, 5.41) is 22.6. The van der Waals surface area contributed by atoms with Gasteiger partial charge in [0.05, 0.1) is 7.11 Å². The normalized spacial score (nSPS) is 10.3. The van der Waals surface area contributed by atoms with Crippen molar-refractivity contribution in [3.63, 3.8) is 0 Å². The molecule has 0 aromatic heterocycles. The van der Waals surface area contributed by atoms with Crippen molar-refractivity contribution in [2.24, 2.45) is 0 Å². The van der Waals surface area contributed by atoms with Crippen LogP contribution in [-0.4, -0.2) is 23.2 Å². The van der Waals surface area contributed by atoms with E-state index < -0.39 is 5.91 Å². The van der Waals surface area contributed by atoms with Gasteiger partial charge < -0.3 is 20.3 Å². The molecular formula is C17H19NO4. The minimum absolute atomic E-state index is 0.0899. The van der Waals surface area contributed by atoms with Crippen LogP contribution in [0.2, 0.25) is 0 Å². The molecule has 0 fully saturated rings. The molecule has 0 bridgehead atoms. The van der Waals surface area contributed by atoms with Crippen LogP contribution in [0.3, 0.4) is 0 Å². The van der Waals surface area contributed by atoms with E-state index in [0.29, 0.717) is 12.0 Å². The van der Waals surface area contributed by atoms with E-state index in [2.05, 4.69) is 5.32 Å². The number of carbonyl (C=O) groups is 1. The highest BCUT2D eigenvalue weighted by Crippen LogP contribution is 2.30. The predicted molar refractivity (Wildman–Crippen MR) is 83.3 cm³/mol. The topological polar surface area (TPSA) is 78.8 Å². The maximum atomic E-state index is 12.2. The van der Waals surface area contributed by atoms with E-state index in [4.69, 9.17) is 4.74 Å². The Kier molecular flexibility index (Phi) is 4.88. The average molecular weight is 301 g/mol. The minimum Gasteiger partial charge on any atom is -0.507 e. The van der Waals surface area contributed by atoms with Crippen molar-refractivity contribution < 1.29 is 19.7 Å². The van der Waals surface area contributed by atoms with E-state index in [0.717, 1.165) is 11.3 Å². The number of amides is 1. The van der Waals surface area contributed by atoms with Gasteiger partial charge in [-0.2, -0.15) is 0 Å². The van der Waals surface area contributed by atoms with Crippen molar-refractivity contribution in [2.45, 2.75) is 19.9 Å². The van der Waals surface area contributed by atoms with Crippen LogP contribution in [0.15, 0.2) is 36.4 Å². The van der Waals surface area contributed by atoms with E-state index in [9.17, 15) is 15.0 Å². The number of hydrogen-bond acceptors (Lipinski definition) is 4. The predicted octanol–water partition coefficient (Wildman–Crippen LogP) is 2.60. The van der Waals surface area contributed by atoms with Crippen LogP contribution in [0, 0.1) is 0 Å². The van der Waals surface area contributed by atoms with Gasteiger partial charge >= 0.3 is 0 Å². The van der Waals surface area contributed by atoms with Gasteiger partial charge in [-0.1, -0.05) is 25.1 Å². The molecule has 2 aromatic rings. The lowest BCUT2D eigenvalue weighted by Crippen LogP contribution is -2.23. The summed E-state index contributed by atoms with van der Waals surface area (Å²) in [5.41, 5.74) is 1.42. The molecule has 2 rings (SSSR count). The SMILES string of the molecule is CCc1ccc(O)c(C(=O)NCc2ccc(OC)cc2)c1O. The van der Waals surface area contributed by atoms with Crippen LogP contribution in [0.25, 0.3) is 0 Å². The Balaban J connectivity index is 2.12. The molecule has 2 aromatic carbocycles. The van der Waals surface area contributed by atoms with Crippen molar-refractivity contribution in [1.29, 1.82) is 0 Å². The van der Waals surface area contributed by atoms with Gasteiger partial charge in [-0.15, -0.1) is 0 Å². The van der Waals surface area contributed by atoms with Gasteiger partial charge in [-0.05, 0) is 35.7 Å². The first-order valence-electron chi connectivity index (χ1n) is 7.01. The Labute approximate surface area is 129 Å². The standard InChI is InChI=1S/C17H19NO4/c1-3-12-6-9-14(19)15(16(12)20)17(21)18-10-11-4-7-13(22-2)8-5-11/h4-9,19-20H,3,10H2,1-2H3,(H,18,21). The fourth-order valence-electron chi connectivity index (χ4n) is 2.15. The number of nitrogens with one attached hydrogen (secondary N) is 1. The second-order valence-electron chi connectivity index (χ2n) is 4.85. The maximum absolute atomic E-state index is 12.2. The summed E-state index contributed by atoms with van der Waals surface area (Å²) >= 11 is 0. The van der Waals surface area contributed by atoms with Crippen molar-refractivity contribution in [3.8, 4) is 17.2 Å². The number of benzene rings is 2. The number of rotatable bonds is 5. The fraction of sp³-hybridized carbons (Fsp3) is 0.235. The van der Waals surface area contributed by atoms with Crippen LogP contribution in [0.1, 0.15) is 28.4 Å². The highest BCUT2D eigenvalue weighted by molar-refractivity contribution is 5.99. The van der Waals surface area contributed by atoms with Crippen LogP contribution in [-0.2, 0) is 13.0 Å². The van der Waals surface area contributed by atoms with Gasteiger partial charge in [-0.25, -0.2) is 0 Å². The van der Waals surface area contributed by atoms with Gasteiger partial charge in [0.25, 0.3) is 5.91 Å². The molecule has 1 amide bonds. The third-order valence-electron chi connectivity index (χ3n) is 3.46. The summed E-state index contributed by atoms with van der Waals surface area (Å²) in [6.45, 7) is 2.16. The summed E-state index contributed by atoms with van der Waals surface area (Å²) in [6, 6.07) is 10.3. The second-order valence-corrected chi connectivity index (χ2v) is 4.85. The van der Waals surface area contributed by atoms with Crippen LogP contribution in [0.4, 0.5) is 0 Å². The van der Waals surface area contributed by atoms with E-state index in [1.54, 1.807) is 25.3 Å². The summed E-state index contributed by atoms with van der Waals surface area (Å²) in [5.74, 6) is -0.182. The molecule has 5 heteroatoms. The molecule has 0 spiro atoms. The Morgan fingerprint density at radius 1 is 1.14 bits per heavy atom.